The van der Waals surface area contributed by atoms with Gasteiger partial charge in [-0.1, -0.05) is 18.5 Å². The van der Waals surface area contributed by atoms with Crippen LogP contribution in [0.2, 0.25) is 5.02 Å². The smallest absolute Gasteiger partial charge is 0.309 e. The van der Waals surface area contributed by atoms with Crippen LogP contribution in [0.25, 0.3) is 0 Å². The van der Waals surface area contributed by atoms with E-state index in [1.807, 2.05) is 13.8 Å². The van der Waals surface area contributed by atoms with E-state index in [9.17, 15) is 14.4 Å². The van der Waals surface area contributed by atoms with Crippen LogP contribution in [0, 0.1) is 5.92 Å². The molecule has 0 bridgehead atoms. The van der Waals surface area contributed by atoms with Crippen LogP contribution in [-0.2, 0) is 14.3 Å². The number of nitrogens with zero attached hydrogens (tertiary/aromatic N) is 2. The lowest BCUT2D eigenvalue weighted by Gasteiger charge is -2.32. The molecule has 178 valence electrons. The van der Waals surface area contributed by atoms with Crippen molar-refractivity contribution in [1.29, 1.82) is 0 Å². The molecule has 0 aliphatic carbocycles. The molecule has 1 saturated heterocycles. The van der Waals surface area contributed by atoms with Gasteiger partial charge in [0.15, 0.2) is 11.5 Å². The number of hydrogen-bond acceptors (Lipinski definition) is 6. The monoisotopic (exact) mass is 468 g/mol. The van der Waals surface area contributed by atoms with Crippen molar-refractivity contribution in [2.24, 2.45) is 5.92 Å². The minimum Gasteiger partial charge on any atom is -0.490 e. The van der Waals surface area contributed by atoms with Crippen LogP contribution in [0.15, 0.2) is 12.1 Å². The number of esters is 1. The van der Waals surface area contributed by atoms with Crippen molar-refractivity contribution in [2.45, 2.75) is 40.0 Å². The van der Waals surface area contributed by atoms with Crippen LogP contribution in [-0.4, -0.2) is 74.1 Å². The number of carbonyl (C=O) groups excluding carboxylic acids is 3. The van der Waals surface area contributed by atoms with E-state index >= 15 is 0 Å². The van der Waals surface area contributed by atoms with Crippen molar-refractivity contribution < 1.29 is 28.6 Å². The standard InChI is InChI=1S/C23H33ClN2O6/c1-5-12-32-21-18(24)13-17(14-19(21)30-6-2)22(28)25(4)15-20(27)26-10-8-16(9-11-26)23(29)31-7-3/h13-14,16H,5-12,15H2,1-4H3. The SMILES string of the molecule is CCCOc1c(Cl)cc(C(=O)N(C)CC(=O)N2CCC(C(=O)OCC)CC2)cc1OCC. The summed E-state index contributed by atoms with van der Waals surface area (Å²) in [6, 6.07) is 3.12. The summed E-state index contributed by atoms with van der Waals surface area (Å²) < 4.78 is 16.4. The lowest BCUT2D eigenvalue weighted by atomic mass is 9.97. The number of hydrogen-bond donors (Lipinski definition) is 0. The van der Waals surface area contributed by atoms with Gasteiger partial charge in [0.1, 0.15) is 0 Å². The molecule has 0 atom stereocenters. The molecule has 1 aliphatic rings. The van der Waals surface area contributed by atoms with Crippen LogP contribution in [0.1, 0.15) is 50.4 Å². The second-order valence-corrected chi connectivity index (χ2v) is 8.04. The first-order chi connectivity index (χ1) is 15.3. The number of piperidine rings is 1. The molecule has 0 saturated carbocycles. The highest BCUT2D eigenvalue weighted by Gasteiger charge is 2.29. The van der Waals surface area contributed by atoms with Gasteiger partial charge >= 0.3 is 5.97 Å². The number of ether oxygens (including phenoxy) is 3. The molecule has 32 heavy (non-hydrogen) atoms. The second-order valence-electron chi connectivity index (χ2n) is 7.64. The Morgan fingerprint density at radius 2 is 1.78 bits per heavy atom. The maximum absolute atomic E-state index is 12.9. The summed E-state index contributed by atoms with van der Waals surface area (Å²) in [6.07, 6.45) is 1.94. The highest BCUT2D eigenvalue weighted by molar-refractivity contribution is 6.32. The molecule has 1 aliphatic heterocycles. The Labute approximate surface area is 194 Å². The molecule has 9 heteroatoms. The van der Waals surface area contributed by atoms with Crippen LogP contribution >= 0.6 is 11.6 Å². The topological polar surface area (TPSA) is 85.4 Å². The quantitative estimate of drug-likeness (QED) is 0.489. The average Bonchev–Trinajstić information content (AvgIpc) is 2.78. The largest absolute Gasteiger partial charge is 0.490 e. The molecule has 1 aromatic rings. The predicted molar refractivity (Wildman–Crippen MR) is 121 cm³/mol. The highest BCUT2D eigenvalue weighted by Crippen LogP contribution is 2.37. The van der Waals surface area contributed by atoms with Gasteiger partial charge in [0, 0.05) is 25.7 Å². The fourth-order valence-electron chi connectivity index (χ4n) is 3.52. The van der Waals surface area contributed by atoms with Gasteiger partial charge in [0.2, 0.25) is 5.91 Å². The molecule has 1 aromatic carbocycles. The Balaban J connectivity index is 2.01. The van der Waals surface area contributed by atoms with Gasteiger partial charge in [-0.25, -0.2) is 0 Å². The van der Waals surface area contributed by atoms with Gasteiger partial charge < -0.3 is 24.0 Å². The van der Waals surface area contributed by atoms with Crippen LogP contribution in [0.3, 0.4) is 0 Å². The van der Waals surface area contributed by atoms with E-state index in [0.717, 1.165) is 6.42 Å². The first-order valence-electron chi connectivity index (χ1n) is 11.1. The average molecular weight is 469 g/mol. The van der Waals surface area contributed by atoms with Crippen LogP contribution in [0.5, 0.6) is 11.5 Å². The highest BCUT2D eigenvalue weighted by atomic mass is 35.5. The van der Waals surface area contributed by atoms with Gasteiger partial charge in [-0.05, 0) is 45.2 Å². The van der Waals surface area contributed by atoms with Crippen molar-refractivity contribution in [3.05, 3.63) is 22.7 Å². The molecular formula is C23H33ClN2O6. The Morgan fingerprint density at radius 1 is 1.09 bits per heavy atom. The van der Waals surface area contributed by atoms with E-state index in [4.69, 9.17) is 25.8 Å². The number of benzene rings is 1. The van der Waals surface area contributed by atoms with Crippen molar-refractivity contribution in [1.82, 2.24) is 9.80 Å². The van der Waals surface area contributed by atoms with E-state index in [-0.39, 0.29) is 35.3 Å². The Morgan fingerprint density at radius 3 is 2.38 bits per heavy atom. The van der Waals surface area contributed by atoms with Gasteiger partial charge in [0.25, 0.3) is 5.91 Å². The van der Waals surface area contributed by atoms with Crippen LogP contribution in [0.4, 0.5) is 0 Å². The summed E-state index contributed by atoms with van der Waals surface area (Å²) in [5.74, 6) is -0.0781. The van der Waals surface area contributed by atoms with E-state index in [1.165, 1.54) is 11.0 Å². The summed E-state index contributed by atoms with van der Waals surface area (Å²) in [4.78, 5) is 40.6. The first kappa shape index (κ1) is 25.8. The number of carbonyl (C=O) groups is 3. The molecule has 0 N–H and O–H groups in total. The third kappa shape index (κ3) is 6.76. The number of rotatable bonds is 10. The van der Waals surface area contributed by atoms with Gasteiger partial charge in [-0.3, -0.25) is 14.4 Å². The lowest BCUT2D eigenvalue weighted by molar-refractivity contribution is -0.151. The van der Waals surface area contributed by atoms with Crippen LogP contribution < -0.4 is 9.47 Å². The van der Waals surface area contributed by atoms with Gasteiger partial charge in [-0.2, -0.15) is 0 Å². The second kappa shape index (κ2) is 12.5. The lowest BCUT2D eigenvalue weighted by Crippen LogP contribution is -2.45. The summed E-state index contributed by atoms with van der Waals surface area (Å²) >= 11 is 6.36. The maximum atomic E-state index is 12.9. The summed E-state index contributed by atoms with van der Waals surface area (Å²) in [5, 5.41) is 0.286. The van der Waals surface area contributed by atoms with E-state index < -0.39 is 0 Å². The summed E-state index contributed by atoms with van der Waals surface area (Å²) in [5.41, 5.74) is 0.318. The normalized spacial score (nSPS) is 14.1. The zero-order valence-electron chi connectivity index (χ0n) is 19.3. The van der Waals surface area contributed by atoms with Crippen molar-refractivity contribution in [2.75, 3.05) is 46.5 Å². The first-order valence-corrected chi connectivity index (χ1v) is 11.5. The van der Waals surface area contributed by atoms with E-state index in [0.29, 0.717) is 62.8 Å². The Bertz CT molecular complexity index is 808. The summed E-state index contributed by atoms with van der Waals surface area (Å²) in [6.45, 7) is 7.69. The fourth-order valence-corrected chi connectivity index (χ4v) is 3.78. The third-order valence-corrected chi connectivity index (χ3v) is 5.47. The number of likely N-dealkylation sites (N-methyl/N-ethyl adjacent to an activating group) is 1. The molecule has 0 unspecified atom stereocenters. The van der Waals surface area contributed by atoms with Crippen molar-refractivity contribution in [3.8, 4) is 11.5 Å². The van der Waals surface area contributed by atoms with Gasteiger partial charge in [-0.15, -0.1) is 0 Å². The van der Waals surface area contributed by atoms with E-state index in [2.05, 4.69) is 0 Å². The number of likely N-dealkylation sites (tertiary alicyclic amines) is 1. The summed E-state index contributed by atoms with van der Waals surface area (Å²) in [7, 11) is 1.57. The minimum absolute atomic E-state index is 0.0709. The fraction of sp³-hybridized carbons (Fsp3) is 0.609. The Kier molecular flexibility index (Phi) is 10.1. The molecule has 0 spiro atoms. The molecule has 2 rings (SSSR count). The maximum Gasteiger partial charge on any atom is 0.309 e. The molecule has 8 nitrogen and oxygen atoms in total. The molecule has 0 radical (unpaired) electrons. The zero-order valence-corrected chi connectivity index (χ0v) is 20.1. The molecule has 2 amide bonds. The molecule has 1 fully saturated rings. The minimum atomic E-state index is -0.343. The van der Waals surface area contributed by atoms with Crippen molar-refractivity contribution in [3.63, 3.8) is 0 Å². The van der Waals surface area contributed by atoms with Crippen molar-refractivity contribution >= 4 is 29.4 Å². The number of amides is 2. The van der Waals surface area contributed by atoms with Gasteiger partial charge in [0.05, 0.1) is 37.3 Å². The number of halogens is 1. The third-order valence-electron chi connectivity index (χ3n) is 5.19. The molecule has 0 aromatic heterocycles. The Hall–Kier alpha value is -2.48. The van der Waals surface area contributed by atoms with E-state index in [1.54, 1.807) is 24.9 Å². The zero-order chi connectivity index (χ0) is 23.7. The molecular weight excluding hydrogens is 436 g/mol. The molecule has 1 heterocycles. The predicted octanol–water partition coefficient (Wildman–Crippen LogP) is 3.40.